The van der Waals surface area contributed by atoms with E-state index in [-0.39, 0.29) is 24.0 Å². The van der Waals surface area contributed by atoms with E-state index in [0.717, 1.165) is 31.9 Å². The number of ether oxygens (including phenoxy) is 1. The smallest absolute Gasteiger partial charge is 0.387 e. The minimum atomic E-state index is -2.87. The molecule has 2 aromatic carbocycles. The van der Waals surface area contributed by atoms with Gasteiger partial charge in [0.25, 0.3) is 0 Å². The monoisotopic (exact) mass is 377 g/mol. The molecule has 2 N–H and O–H groups in total. The number of amides is 1. The summed E-state index contributed by atoms with van der Waals surface area (Å²) in [5.74, 6) is 0.131. The second-order valence-electron chi connectivity index (χ2n) is 6.23. The maximum Gasteiger partial charge on any atom is 0.387 e. The van der Waals surface area contributed by atoms with E-state index in [1.165, 1.54) is 24.3 Å². The first-order valence-electron chi connectivity index (χ1n) is 8.61. The van der Waals surface area contributed by atoms with Crippen LogP contribution in [-0.2, 0) is 4.79 Å². The second kappa shape index (κ2) is 8.68. The summed E-state index contributed by atoms with van der Waals surface area (Å²) < 4.78 is 28.5. The van der Waals surface area contributed by atoms with Gasteiger partial charge < -0.3 is 20.1 Å². The number of aromatic hydroxyl groups is 1. The molecule has 6 nitrogen and oxygen atoms in total. The Labute approximate surface area is 156 Å². The van der Waals surface area contributed by atoms with E-state index in [9.17, 15) is 18.7 Å². The highest BCUT2D eigenvalue weighted by molar-refractivity contribution is 5.92. The summed E-state index contributed by atoms with van der Waals surface area (Å²) in [5, 5.41) is 12.1. The fourth-order valence-corrected chi connectivity index (χ4v) is 2.95. The van der Waals surface area contributed by atoms with Crippen LogP contribution in [0.25, 0.3) is 0 Å². The Kier molecular flexibility index (Phi) is 6.08. The summed E-state index contributed by atoms with van der Waals surface area (Å²) in [6, 6.07) is 12.9. The zero-order valence-electron chi connectivity index (χ0n) is 14.6. The zero-order chi connectivity index (χ0) is 19.2. The van der Waals surface area contributed by atoms with Crippen molar-refractivity contribution >= 4 is 17.3 Å². The SMILES string of the molecule is O=C(CN1CCN(c2ccc(O)cc2)CC1)Nc1ccc(OC(F)F)cc1. The van der Waals surface area contributed by atoms with Crippen LogP contribution in [0.4, 0.5) is 20.2 Å². The lowest BCUT2D eigenvalue weighted by atomic mass is 10.2. The van der Waals surface area contributed by atoms with Crippen molar-refractivity contribution in [3.63, 3.8) is 0 Å². The second-order valence-corrected chi connectivity index (χ2v) is 6.23. The Balaban J connectivity index is 1.44. The van der Waals surface area contributed by atoms with Gasteiger partial charge in [0.1, 0.15) is 11.5 Å². The van der Waals surface area contributed by atoms with E-state index >= 15 is 0 Å². The molecule has 0 radical (unpaired) electrons. The maximum absolute atomic E-state index is 12.2. The molecule has 0 saturated carbocycles. The molecule has 27 heavy (non-hydrogen) atoms. The van der Waals surface area contributed by atoms with Gasteiger partial charge in [-0.25, -0.2) is 0 Å². The molecule has 0 unspecified atom stereocenters. The van der Waals surface area contributed by atoms with Gasteiger partial charge in [-0.15, -0.1) is 0 Å². The maximum atomic E-state index is 12.2. The van der Waals surface area contributed by atoms with Crippen molar-refractivity contribution < 1.29 is 23.4 Å². The van der Waals surface area contributed by atoms with Crippen molar-refractivity contribution in [2.45, 2.75) is 6.61 Å². The molecule has 0 atom stereocenters. The zero-order valence-corrected chi connectivity index (χ0v) is 14.6. The molecule has 3 rings (SSSR count). The summed E-state index contributed by atoms with van der Waals surface area (Å²) in [5.41, 5.74) is 1.58. The molecule has 0 bridgehead atoms. The standard InChI is InChI=1S/C19H21F2N3O3/c20-19(21)27-17-7-1-14(2-8-17)22-18(26)13-23-9-11-24(12-10-23)15-3-5-16(25)6-4-15/h1-8,19,25H,9-13H2,(H,22,26). The number of phenolic OH excluding ortho intramolecular Hbond substituents is 1. The Bertz CT molecular complexity index is 746. The molecule has 2 aromatic rings. The summed E-state index contributed by atoms with van der Waals surface area (Å²) in [6.07, 6.45) is 0. The summed E-state index contributed by atoms with van der Waals surface area (Å²) in [6.45, 7) is 0.463. The Hall–Kier alpha value is -2.87. The number of anilines is 2. The number of halogens is 2. The van der Waals surface area contributed by atoms with Crippen LogP contribution in [0.5, 0.6) is 11.5 Å². The topological polar surface area (TPSA) is 65.0 Å². The summed E-state index contributed by atoms with van der Waals surface area (Å²) in [4.78, 5) is 16.4. The van der Waals surface area contributed by atoms with Crippen LogP contribution in [0.1, 0.15) is 0 Å². The largest absolute Gasteiger partial charge is 0.508 e. The van der Waals surface area contributed by atoms with Gasteiger partial charge >= 0.3 is 6.61 Å². The first kappa shape index (κ1) is 18.9. The molecule has 0 aliphatic carbocycles. The number of phenols is 1. The van der Waals surface area contributed by atoms with E-state index in [4.69, 9.17) is 0 Å². The molecule has 144 valence electrons. The van der Waals surface area contributed by atoms with E-state index in [0.29, 0.717) is 5.69 Å². The Morgan fingerprint density at radius 1 is 1.04 bits per heavy atom. The third kappa shape index (κ3) is 5.55. The lowest BCUT2D eigenvalue weighted by Gasteiger charge is -2.35. The highest BCUT2D eigenvalue weighted by atomic mass is 19.3. The average molecular weight is 377 g/mol. The van der Waals surface area contributed by atoms with E-state index in [2.05, 4.69) is 19.9 Å². The number of carbonyl (C=O) groups excluding carboxylic acids is 1. The Morgan fingerprint density at radius 2 is 1.67 bits per heavy atom. The third-order valence-corrected chi connectivity index (χ3v) is 4.32. The van der Waals surface area contributed by atoms with Crippen LogP contribution in [0.3, 0.4) is 0 Å². The molecule has 1 heterocycles. The highest BCUT2D eigenvalue weighted by Crippen LogP contribution is 2.20. The van der Waals surface area contributed by atoms with E-state index in [1.54, 1.807) is 12.1 Å². The van der Waals surface area contributed by atoms with Crippen LogP contribution in [-0.4, -0.2) is 55.2 Å². The molecule has 1 fully saturated rings. The van der Waals surface area contributed by atoms with Crippen LogP contribution in [0.15, 0.2) is 48.5 Å². The van der Waals surface area contributed by atoms with E-state index in [1.807, 2.05) is 12.1 Å². The third-order valence-electron chi connectivity index (χ3n) is 4.32. The number of nitrogens with one attached hydrogen (secondary N) is 1. The molecule has 1 amide bonds. The Morgan fingerprint density at radius 3 is 2.26 bits per heavy atom. The number of rotatable bonds is 6. The van der Waals surface area contributed by atoms with Gasteiger partial charge in [-0.1, -0.05) is 0 Å². The molecule has 1 saturated heterocycles. The number of piperazine rings is 1. The van der Waals surface area contributed by atoms with E-state index < -0.39 is 6.61 Å². The van der Waals surface area contributed by atoms with Crippen LogP contribution in [0, 0.1) is 0 Å². The van der Waals surface area contributed by atoms with Gasteiger partial charge in [0.05, 0.1) is 6.54 Å². The fraction of sp³-hybridized carbons (Fsp3) is 0.316. The first-order valence-corrected chi connectivity index (χ1v) is 8.61. The average Bonchev–Trinajstić information content (AvgIpc) is 2.64. The quantitative estimate of drug-likeness (QED) is 0.811. The number of nitrogens with zero attached hydrogens (tertiary/aromatic N) is 2. The molecule has 0 aromatic heterocycles. The predicted octanol–water partition coefficient (Wildman–Crippen LogP) is 2.75. The summed E-state index contributed by atoms with van der Waals surface area (Å²) in [7, 11) is 0. The number of hydrogen-bond acceptors (Lipinski definition) is 5. The molecule has 8 heteroatoms. The molecular weight excluding hydrogens is 356 g/mol. The normalized spacial score (nSPS) is 15.0. The molecule has 0 spiro atoms. The summed E-state index contributed by atoms with van der Waals surface area (Å²) >= 11 is 0. The van der Waals surface area contributed by atoms with Gasteiger partial charge in [-0.05, 0) is 48.5 Å². The van der Waals surface area contributed by atoms with Crippen molar-refractivity contribution in [3.05, 3.63) is 48.5 Å². The van der Waals surface area contributed by atoms with Crippen molar-refractivity contribution in [3.8, 4) is 11.5 Å². The van der Waals surface area contributed by atoms with Crippen LogP contribution < -0.4 is 15.0 Å². The van der Waals surface area contributed by atoms with Crippen molar-refractivity contribution in [1.29, 1.82) is 0 Å². The van der Waals surface area contributed by atoms with Crippen LogP contribution >= 0.6 is 0 Å². The number of alkyl halides is 2. The number of benzene rings is 2. The number of hydrogen-bond donors (Lipinski definition) is 2. The van der Waals surface area contributed by atoms with Gasteiger partial charge in [0.15, 0.2) is 0 Å². The lowest BCUT2D eigenvalue weighted by molar-refractivity contribution is -0.117. The van der Waals surface area contributed by atoms with Crippen LogP contribution in [0.2, 0.25) is 0 Å². The van der Waals surface area contributed by atoms with Gasteiger partial charge in [0.2, 0.25) is 5.91 Å². The van der Waals surface area contributed by atoms with Crippen molar-refractivity contribution in [2.24, 2.45) is 0 Å². The van der Waals surface area contributed by atoms with Gasteiger partial charge in [-0.3, -0.25) is 9.69 Å². The minimum absolute atomic E-state index is 0.0494. The molecule has 1 aliphatic rings. The first-order chi connectivity index (χ1) is 13.0. The van der Waals surface area contributed by atoms with Crippen molar-refractivity contribution in [1.82, 2.24) is 4.90 Å². The van der Waals surface area contributed by atoms with Crippen molar-refractivity contribution in [2.75, 3.05) is 42.9 Å². The fourth-order valence-electron chi connectivity index (χ4n) is 2.95. The van der Waals surface area contributed by atoms with Gasteiger partial charge in [0, 0.05) is 37.6 Å². The van der Waals surface area contributed by atoms with Gasteiger partial charge in [-0.2, -0.15) is 8.78 Å². The molecular formula is C19H21F2N3O3. The lowest BCUT2D eigenvalue weighted by Crippen LogP contribution is -2.48. The minimum Gasteiger partial charge on any atom is -0.508 e. The highest BCUT2D eigenvalue weighted by Gasteiger charge is 2.19. The number of carbonyl (C=O) groups is 1. The predicted molar refractivity (Wildman–Crippen MR) is 98.5 cm³/mol. The molecule has 1 aliphatic heterocycles.